The van der Waals surface area contributed by atoms with E-state index in [1.165, 1.54) is 0 Å². The number of rotatable bonds is 9. The van der Waals surface area contributed by atoms with E-state index in [1.807, 2.05) is 6.92 Å². The lowest BCUT2D eigenvalue weighted by molar-refractivity contribution is 0.0514. The Hall–Kier alpha value is -0.870. The Morgan fingerprint density at radius 3 is 2.87 bits per heavy atom. The Morgan fingerprint density at radius 1 is 1.27 bits per heavy atom. The predicted molar refractivity (Wildman–Crippen MR) is 57.7 cm³/mol. The first kappa shape index (κ1) is 12.2. The first-order valence-electron chi connectivity index (χ1n) is 5.49. The molecule has 0 unspecified atom stereocenters. The molecule has 1 heterocycles. The molecule has 0 spiro atoms. The highest BCUT2D eigenvalue weighted by atomic mass is 16.5. The second-order valence-electron chi connectivity index (χ2n) is 3.24. The van der Waals surface area contributed by atoms with Gasteiger partial charge in [-0.2, -0.15) is 0 Å². The fourth-order valence-corrected chi connectivity index (χ4v) is 1.25. The molecule has 4 nitrogen and oxygen atoms in total. The zero-order valence-electron chi connectivity index (χ0n) is 9.29. The van der Waals surface area contributed by atoms with Crippen LogP contribution in [0.5, 0.6) is 0 Å². The van der Waals surface area contributed by atoms with E-state index in [4.69, 9.17) is 9.47 Å². The highest BCUT2D eigenvalue weighted by Gasteiger charge is 1.95. The summed E-state index contributed by atoms with van der Waals surface area (Å²) in [6.07, 6.45) is 7.61. The van der Waals surface area contributed by atoms with Gasteiger partial charge < -0.3 is 14.5 Å². The lowest BCUT2D eigenvalue weighted by Gasteiger charge is -2.03. The second-order valence-corrected chi connectivity index (χ2v) is 3.24. The maximum Gasteiger partial charge on any atom is 0.108 e. The average Bonchev–Trinajstić information content (AvgIpc) is 2.75. The summed E-state index contributed by atoms with van der Waals surface area (Å²) in [6.45, 7) is 4.95. The van der Waals surface area contributed by atoms with Crippen LogP contribution in [0.25, 0.3) is 0 Å². The number of nitrogens with one attached hydrogen (secondary N) is 1. The summed E-state index contributed by atoms with van der Waals surface area (Å²) in [5.74, 6) is 1.00. The summed E-state index contributed by atoms with van der Waals surface area (Å²) >= 11 is 0. The summed E-state index contributed by atoms with van der Waals surface area (Å²) in [5, 5.41) is 0. The van der Waals surface area contributed by atoms with Gasteiger partial charge in [0.2, 0.25) is 0 Å². The van der Waals surface area contributed by atoms with Gasteiger partial charge in [-0.1, -0.05) is 0 Å². The van der Waals surface area contributed by atoms with Crippen LogP contribution in [0, 0.1) is 6.20 Å². The molecule has 1 aromatic heterocycles. The molecule has 0 aliphatic carbocycles. The number of aromatic nitrogens is 2. The Bertz CT molecular complexity index is 225. The van der Waals surface area contributed by atoms with Crippen molar-refractivity contribution in [3.8, 4) is 0 Å². The van der Waals surface area contributed by atoms with E-state index in [0.29, 0.717) is 13.2 Å². The van der Waals surface area contributed by atoms with E-state index in [2.05, 4.69) is 16.2 Å². The maximum absolute atomic E-state index is 5.39. The molecule has 1 rings (SSSR count). The highest BCUT2D eigenvalue weighted by Crippen LogP contribution is 1.98. The minimum Gasteiger partial charge on any atom is -0.379 e. The van der Waals surface area contributed by atoms with Gasteiger partial charge in [-0.25, -0.2) is 4.98 Å². The van der Waals surface area contributed by atoms with Crippen molar-refractivity contribution < 1.29 is 9.47 Å². The minimum absolute atomic E-state index is 0.697. The van der Waals surface area contributed by atoms with Crippen molar-refractivity contribution in [2.45, 2.75) is 26.2 Å². The van der Waals surface area contributed by atoms with Crippen molar-refractivity contribution in [3.63, 3.8) is 0 Å². The van der Waals surface area contributed by atoms with Crippen LogP contribution < -0.4 is 0 Å². The Balaban J connectivity index is 1.81. The van der Waals surface area contributed by atoms with E-state index in [1.54, 1.807) is 6.20 Å². The van der Waals surface area contributed by atoms with Crippen molar-refractivity contribution >= 4 is 0 Å². The molecule has 1 radical (unpaired) electrons. The number of hydrogen-bond acceptors (Lipinski definition) is 3. The third kappa shape index (κ3) is 6.25. The molecule has 0 aliphatic rings. The van der Waals surface area contributed by atoms with E-state index >= 15 is 0 Å². The van der Waals surface area contributed by atoms with Gasteiger partial charge in [0.05, 0.1) is 13.2 Å². The van der Waals surface area contributed by atoms with Crippen molar-refractivity contribution in [2.75, 3.05) is 26.4 Å². The molecule has 4 heteroatoms. The van der Waals surface area contributed by atoms with Crippen molar-refractivity contribution in [1.82, 2.24) is 9.97 Å². The van der Waals surface area contributed by atoms with Gasteiger partial charge in [0.1, 0.15) is 12.0 Å². The molecule has 1 N–H and O–H groups in total. The van der Waals surface area contributed by atoms with Gasteiger partial charge in [0.25, 0.3) is 0 Å². The third-order valence-corrected chi connectivity index (χ3v) is 2.03. The number of H-pyrrole nitrogens is 1. The Labute approximate surface area is 91.0 Å². The van der Waals surface area contributed by atoms with Crippen LogP contribution in [-0.2, 0) is 15.9 Å². The molecule has 0 saturated carbocycles. The molecule has 0 aliphatic heterocycles. The van der Waals surface area contributed by atoms with Crippen molar-refractivity contribution in [3.05, 3.63) is 18.2 Å². The normalized spacial score (nSPS) is 10.7. The molecule has 15 heavy (non-hydrogen) atoms. The fourth-order valence-electron chi connectivity index (χ4n) is 1.25. The fraction of sp³-hybridized carbons (Fsp3) is 0.727. The number of nitrogens with zero attached hydrogens (tertiary/aromatic N) is 1. The second kappa shape index (κ2) is 8.44. The summed E-state index contributed by atoms with van der Waals surface area (Å²) in [4.78, 5) is 7.06. The minimum atomic E-state index is 0.697. The van der Waals surface area contributed by atoms with Crippen LogP contribution in [0.1, 0.15) is 25.6 Å². The highest BCUT2D eigenvalue weighted by molar-refractivity contribution is 4.85. The molecule has 0 saturated heterocycles. The molecular weight excluding hydrogens is 192 g/mol. The van der Waals surface area contributed by atoms with E-state index in [-0.39, 0.29) is 0 Å². The number of aromatic amines is 1. The summed E-state index contributed by atoms with van der Waals surface area (Å²) in [7, 11) is 0. The number of imidazole rings is 1. The zero-order chi connectivity index (χ0) is 10.8. The van der Waals surface area contributed by atoms with Crippen LogP contribution in [0.15, 0.2) is 6.20 Å². The van der Waals surface area contributed by atoms with Gasteiger partial charge in [-0.15, -0.1) is 0 Å². The molecule has 0 aromatic carbocycles. The van der Waals surface area contributed by atoms with Crippen LogP contribution in [0.3, 0.4) is 0 Å². The number of unbranched alkanes of at least 4 members (excludes halogenated alkanes) is 1. The van der Waals surface area contributed by atoms with Gasteiger partial charge in [0, 0.05) is 25.8 Å². The van der Waals surface area contributed by atoms with E-state index in [9.17, 15) is 0 Å². The van der Waals surface area contributed by atoms with Crippen molar-refractivity contribution in [2.24, 2.45) is 0 Å². The van der Waals surface area contributed by atoms with Crippen LogP contribution in [0.2, 0.25) is 0 Å². The zero-order valence-corrected chi connectivity index (χ0v) is 9.29. The lowest BCUT2D eigenvalue weighted by atomic mass is 10.2. The SMILES string of the molecule is CCOCCOCCCCc1n[c]c[nH]1. The molecule has 85 valence electrons. The van der Waals surface area contributed by atoms with Crippen LogP contribution >= 0.6 is 0 Å². The monoisotopic (exact) mass is 211 g/mol. The number of aryl methyl sites for hydroxylation is 1. The van der Waals surface area contributed by atoms with Crippen LogP contribution in [0.4, 0.5) is 0 Å². The molecular formula is C11H19N2O2. The first-order valence-corrected chi connectivity index (χ1v) is 5.49. The predicted octanol–water partition coefficient (Wildman–Crippen LogP) is 1.59. The quantitative estimate of drug-likeness (QED) is 0.631. The first-order chi connectivity index (χ1) is 7.43. The smallest absolute Gasteiger partial charge is 0.108 e. The Morgan fingerprint density at radius 2 is 2.13 bits per heavy atom. The molecule has 0 fully saturated rings. The van der Waals surface area contributed by atoms with Crippen LogP contribution in [-0.4, -0.2) is 36.4 Å². The largest absolute Gasteiger partial charge is 0.379 e. The van der Waals surface area contributed by atoms with E-state index in [0.717, 1.165) is 38.3 Å². The number of ether oxygens (including phenoxy) is 2. The standard InChI is InChI=1S/C11H19N2O2/c1-2-14-9-10-15-8-4-3-5-11-12-6-7-13-11/h6H,2-5,8-10H2,1H3,(H,12,13). The number of hydrogen-bond donors (Lipinski definition) is 1. The molecule has 1 aromatic rings. The van der Waals surface area contributed by atoms with Gasteiger partial charge in [0.15, 0.2) is 0 Å². The van der Waals surface area contributed by atoms with Crippen molar-refractivity contribution in [1.29, 1.82) is 0 Å². The molecule has 0 amide bonds. The molecule has 0 atom stereocenters. The van der Waals surface area contributed by atoms with Gasteiger partial charge in [-0.05, 0) is 19.8 Å². The summed E-state index contributed by atoms with van der Waals surface area (Å²) in [6, 6.07) is 0. The topological polar surface area (TPSA) is 47.1 Å². The summed E-state index contributed by atoms with van der Waals surface area (Å²) < 4.78 is 10.5. The van der Waals surface area contributed by atoms with Gasteiger partial charge >= 0.3 is 0 Å². The summed E-state index contributed by atoms with van der Waals surface area (Å²) in [5.41, 5.74) is 0. The maximum atomic E-state index is 5.39. The Kier molecular flexibility index (Phi) is 6.86. The lowest BCUT2D eigenvalue weighted by Crippen LogP contribution is -2.05. The average molecular weight is 211 g/mol. The molecule has 0 bridgehead atoms. The third-order valence-electron chi connectivity index (χ3n) is 2.03. The van der Waals surface area contributed by atoms with Gasteiger partial charge in [-0.3, -0.25) is 0 Å². The van der Waals surface area contributed by atoms with E-state index < -0.39 is 0 Å².